The van der Waals surface area contributed by atoms with Crippen molar-refractivity contribution in [1.82, 2.24) is 20.6 Å². The number of hydrogen-bond donors (Lipinski definition) is 3. The van der Waals surface area contributed by atoms with Crippen LogP contribution >= 0.6 is 0 Å². The molecule has 4 rings (SSSR count). The van der Waals surface area contributed by atoms with Gasteiger partial charge in [-0.15, -0.1) is 0 Å². The number of hydrogen-bond acceptors (Lipinski definition) is 5. The van der Waals surface area contributed by atoms with E-state index in [4.69, 9.17) is 9.47 Å². The number of benzene rings is 2. The molecule has 0 fully saturated rings. The van der Waals surface area contributed by atoms with Crippen molar-refractivity contribution in [3.05, 3.63) is 65.5 Å². The Morgan fingerprint density at radius 1 is 1.19 bits per heavy atom. The Kier molecular flexibility index (Phi) is 5.70. The van der Waals surface area contributed by atoms with Gasteiger partial charge in [0.1, 0.15) is 5.69 Å². The van der Waals surface area contributed by atoms with Crippen LogP contribution in [-0.4, -0.2) is 41.0 Å². The maximum atomic E-state index is 12.5. The fourth-order valence-electron chi connectivity index (χ4n) is 3.37. The van der Waals surface area contributed by atoms with Crippen LogP contribution in [0.25, 0.3) is 22.2 Å². The number of para-hydroxylation sites is 1. The Bertz CT molecular complexity index is 1260. The number of ether oxygens (including phenoxy) is 2. The number of aryl methyl sites for hydroxylation is 1. The Labute approximate surface area is 179 Å². The molecule has 158 valence electrons. The van der Waals surface area contributed by atoms with Gasteiger partial charge in [-0.05, 0) is 44.2 Å². The van der Waals surface area contributed by atoms with Gasteiger partial charge in [0.05, 0.1) is 25.6 Å². The first-order valence-electron chi connectivity index (χ1n) is 9.88. The molecule has 31 heavy (non-hydrogen) atoms. The lowest BCUT2D eigenvalue weighted by atomic mass is 10.1. The molecule has 0 saturated carbocycles. The van der Waals surface area contributed by atoms with Gasteiger partial charge in [-0.1, -0.05) is 18.2 Å². The maximum Gasteiger partial charge on any atom is 0.289 e. The SMILES string of the molecule is CCOc1ccc(-c2cc(C(=O)NN=Cc3c(C)[nH]c4ccccc34)[nH]n2)cc1OC. The van der Waals surface area contributed by atoms with Gasteiger partial charge < -0.3 is 14.5 Å². The highest BCUT2D eigenvalue weighted by Crippen LogP contribution is 2.32. The molecule has 0 radical (unpaired) electrons. The third kappa shape index (κ3) is 4.13. The van der Waals surface area contributed by atoms with E-state index in [0.717, 1.165) is 27.7 Å². The second-order valence-corrected chi connectivity index (χ2v) is 6.87. The van der Waals surface area contributed by atoms with Crippen LogP contribution in [0.2, 0.25) is 0 Å². The third-order valence-corrected chi connectivity index (χ3v) is 4.88. The number of carbonyl (C=O) groups is 1. The molecule has 4 aromatic rings. The Morgan fingerprint density at radius 3 is 2.84 bits per heavy atom. The highest BCUT2D eigenvalue weighted by molar-refractivity contribution is 6.01. The molecule has 0 bridgehead atoms. The van der Waals surface area contributed by atoms with Gasteiger partial charge in [0.25, 0.3) is 5.91 Å². The minimum absolute atomic E-state index is 0.302. The summed E-state index contributed by atoms with van der Waals surface area (Å²) in [5.74, 6) is 0.876. The van der Waals surface area contributed by atoms with Gasteiger partial charge >= 0.3 is 0 Å². The van der Waals surface area contributed by atoms with Gasteiger partial charge in [-0.2, -0.15) is 10.2 Å². The number of methoxy groups -OCH3 is 1. The molecule has 0 aliphatic heterocycles. The van der Waals surface area contributed by atoms with Crippen molar-refractivity contribution >= 4 is 23.0 Å². The molecule has 3 N–H and O–H groups in total. The smallest absolute Gasteiger partial charge is 0.289 e. The molecular weight excluding hydrogens is 394 g/mol. The highest BCUT2D eigenvalue weighted by Gasteiger charge is 2.13. The summed E-state index contributed by atoms with van der Waals surface area (Å²) < 4.78 is 10.9. The van der Waals surface area contributed by atoms with E-state index >= 15 is 0 Å². The lowest BCUT2D eigenvalue weighted by Gasteiger charge is -2.09. The van der Waals surface area contributed by atoms with Gasteiger partial charge in [0.15, 0.2) is 11.5 Å². The minimum atomic E-state index is -0.384. The number of carbonyl (C=O) groups excluding carboxylic acids is 1. The second-order valence-electron chi connectivity index (χ2n) is 6.87. The average Bonchev–Trinajstić information content (AvgIpc) is 3.39. The van der Waals surface area contributed by atoms with Crippen LogP contribution in [0.1, 0.15) is 28.7 Å². The number of nitrogens with one attached hydrogen (secondary N) is 3. The number of aromatic nitrogens is 3. The molecule has 1 amide bonds. The van der Waals surface area contributed by atoms with Crippen LogP contribution in [0.5, 0.6) is 11.5 Å². The minimum Gasteiger partial charge on any atom is -0.493 e. The lowest BCUT2D eigenvalue weighted by molar-refractivity contribution is 0.0950. The first-order chi connectivity index (χ1) is 15.1. The van der Waals surface area contributed by atoms with E-state index in [9.17, 15) is 4.79 Å². The van der Waals surface area contributed by atoms with Crippen molar-refractivity contribution in [2.45, 2.75) is 13.8 Å². The van der Waals surface area contributed by atoms with Crippen molar-refractivity contribution in [1.29, 1.82) is 0 Å². The molecule has 0 atom stereocenters. The largest absolute Gasteiger partial charge is 0.493 e. The molecule has 8 nitrogen and oxygen atoms in total. The van der Waals surface area contributed by atoms with Crippen molar-refractivity contribution in [3.63, 3.8) is 0 Å². The predicted molar refractivity (Wildman–Crippen MR) is 120 cm³/mol. The van der Waals surface area contributed by atoms with Gasteiger partial charge in [0, 0.05) is 27.7 Å². The average molecular weight is 417 g/mol. The quantitative estimate of drug-likeness (QED) is 0.312. The molecule has 0 aliphatic carbocycles. The van der Waals surface area contributed by atoms with Gasteiger partial charge in [-0.3, -0.25) is 9.89 Å². The lowest BCUT2D eigenvalue weighted by Crippen LogP contribution is -2.18. The summed E-state index contributed by atoms with van der Waals surface area (Å²) in [6.07, 6.45) is 1.64. The fourth-order valence-corrected chi connectivity index (χ4v) is 3.37. The molecule has 0 aliphatic rings. The van der Waals surface area contributed by atoms with Crippen LogP contribution in [0.3, 0.4) is 0 Å². The van der Waals surface area contributed by atoms with E-state index in [1.54, 1.807) is 19.4 Å². The Balaban J connectivity index is 1.48. The van der Waals surface area contributed by atoms with Crippen molar-refractivity contribution < 1.29 is 14.3 Å². The predicted octanol–water partition coefficient (Wildman–Crippen LogP) is 4.04. The van der Waals surface area contributed by atoms with E-state index in [1.165, 1.54) is 0 Å². The highest BCUT2D eigenvalue weighted by atomic mass is 16.5. The number of H-pyrrole nitrogens is 2. The first kappa shape index (κ1) is 20.2. The number of aromatic amines is 2. The number of nitrogens with zero attached hydrogens (tertiary/aromatic N) is 2. The van der Waals surface area contributed by atoms with E-state index in [1.807, 2.05) is 56.3 Å². The molecule has 0 spiro atoms. The zero-order chi connectivity index (χ0) is 21.8. The molecule has 2 aromatic carbocycles. The normalized spacial score (nSPS) is 11.2. The zero-order valence-electron chi connectivity index (χ0n) is 17.5. The number of rotatable bonds is 7. The van der Waals surface area contributed by atoms with Crippen LogP contribution in [0.15, 0.2) is 53.6 Å². The molecule has 2 heterocycles. The summed E-state index contributed by atoms with van der Waals surface area (Å²) in [4.78, 5) is 15.8. The van der Waals surface area contributed by atoms with Crippen molar-refractivity contribution in [2.24, 2.45) is 5.10 Å². The number of hydrazone groups is 1. The van der Waals surface area contributed by atoms with Crippen molar-refractivity contribution in [2.75, 3.05) is 13.7 Å². The van der Waals surface area contributed by atoms with E-state index < -0.39 is 0 Å². The van der Waals surface area contributed by atoms with Crippen LogP contribution in [0.4, 0.5) is 0 Å². The van der Waals surface area contributed by atoms with E-state index in [2.05, 4.69) is 25.7 Å². The number of amides is 1. The Hall–Kier alpha value is -4.07. The zero-order valence-corrected chi connectivity index (χ0v) is 17.5. The van der Waals surface area contributed by atoms with Gasteiger partial charge in [0.2, 0.25) is 0 Å². The van der Waals surface area contributed by atoms with Crippen LogP contribution in [0, 0.1) is 6.92 Å². The molecule has 0 unspecified atom stereocenters. The van der Waals surface area contributed by atoms with Crippen molar-refractivity contribution in [3.8, 4) is 22.8 Å². The topological polar surface area (TPSA) is 104 Å². The summed E-state index contributed by atoms with van der Waals surface area (Å²) in [5, 5.41) is 12.1. The molecular formula is C23H23N5O3. The summed E-state index contributed by atoms with van der Waals surface area (Å²) in [6.45, 7) is 4.42. The summed E-state index contributed by atoms with van der Waals surface area (Å²) in [6, 6.07) is 15.1. The number of fused-ring (bicyclic) bond motifs is 1. The van der Waals surface area contributed by atoms with Crippen LogP contribution < -0.4 is 14.9 Å². The maximum absolute atomic E-state index is 12.5. The van der Waals surface area contributed by atoms with E-state index in [-0.39, 0.29) is 5.91 Å². The molecule has 2 aromatic heterocycles. The van der Waals surface area contributed by atoms with E-state index in [0.29, 0.717) is 29.5 Å². The second kappa shape index (κ2) is 8.74. The summed E-state index contributed by atoms with van der Waals surface area (Å²) in [5.41, 5.74) is 7.19. The monoisotopic (exact) mass is 417 g/mol. The Morgan fingerprint density at radius 2 is 2.03 bits per heavy atom. The first-order valence-corrected chi connectivity index (χ1v) is 9.88. The molecule has 0 saturated heterocycles. The molecule has 8 heteroatoms. The third-order valence-electron chi connectivity index (χ3n) is 4.88. The van der Waals surface area contributed by atoms with Gasteiger partial charge in [-0.25, -0.2) is 5.43 Å². The summed E-state index contributed by atoms with van der Waals surface area (Å²) >= 11 is 0. The van der Waals surface area contributed by atoms with Crippen LogP contribution in [-0.2, 0) is 0 Å². The summed E-state index contributed by atoms with van der Waals surface area (Å²) in [7, 11) is 1.58. The standard InChI is InChI=1S/C23H23N5O3/c1-4-31-21-10-9-15(11-22(21)30-3)19-12-20(27-26-19)23(29)28-24-13-17-14(2)25-18-8-6-5-7-16(17)18/h5-13,25H,4H2,1-3H3,(H,26,27)(H,28,29). The fraction of sp³-hybridized carbons (Fsp3) is 0.174.